The van der Waals surface area contributed by atoms with Gasteiger partial charge in [0.15, 0.2) is 6.61 Å². The number of anilines is 1. The quantitative estimate of drug-likeness (QED) is 0.675. The van der Waals surface area contributed by atoms with Gasteiger partial charge >= 0.3 is 5.97 Å². The van der Waals surface area contributed by atoms with Crippen molar-refractivity contribution in [2.24, 2.45) is 0 Å². The van der Waals surface area contributed by atoms with Crippen LogP contribution in [0.3, 0.4) is 0 Å². The second kappa shape index (κ2) is 8.34. The predicted molar refractivity (Wildman–Crippen MR) is 108 cm³/mol. The molecule has 6 nitrogen and oxygen atoms in total. The van der Waals surface area contributed by atoms with Crippen molar-refractivity contribution in [3.63, 3.8) is 0 Å². The van der Waals surface area contributed by atoms with Gasteiger partial charge in [-0.1, -0.05) is 30.3 Å². The minimum Gasteiger partial charge on any atom is -0.455 e. The van der Waals surface area contributed by atoms with Crippen molar-refractivity contribution in [3.05, 3.63) is 66.1 Å². The number of carbonyl (C=O) groups excluding carboxylic acids is 2. The third-order valence-corrected chi connectivity index (χ3v) is 5.19. The highest BCUT2D eigenvalue weighted by Gasteiger charge is 2.23. The lowest BCUT2D eigenvalue weighted by molar-refractivity contribution is -0.151. The summed E-state index contributed by atoms with van der Waals surface area (Å²) in [5, 5.41) is 0.972. The number of hydrogen-bond acceptors (Lipinski definition) is 4. The van der Waals surface area contributed by atoms with Crippen molar-refractivity contribution in [2.75, 3.05) is 37.7 Å². The number of para-hydroxylation sites is 2. The number of nitrogens with one attached hydrogen (secondary N) is 1. The first-order valence-corrected chi connectivity index (χ1v) is 9.59. The van der Waals surface area contributed by atoms with Crippen LogP contribution in [0.1, 0.15) is 5.56 Å². The van der Waals surface area contributed by atoms with Gasteiger partial charge in [-0.25, -0.2) is 4.39 Å². The molecule has 1 aromatic heterocycles. The Hall–Kier alpha value is -3.35. The average Bonchev–Trinajstić information content (AvgIpc) is 3.15. The molecule has 7 heteroatoms. The van der Waals surface area contributed by atoms with Gasteiger partial charge in [-0.05, 0) is 23.8 Å². The average molecular weight is 395 g/mol. The molecule has 1 fully saturated rings. The number of carbonyl (C=O) groups is 2. The Labute approximate surface area is 167 Å². The maximum absolute atomic E-state index is 13.9. The zero-order chi connectivity index (χ0) is 20.2. The number of esters is 1. The number of nitrogens with zero attached hydrogens (tertiary/aromatic N) is 2. The van der Waals surface area contributed by atoms with Gasteiger partial charge in [-0.3, -0.25) is 9.59 Å². The number of ether oxygens (including phenoxy) is 1. The number of amides is 1. The van der Waals surface area contributed by atoms with E-state index in [-0.39, 0.29) is 24.8 Å². The summed E-state index contributed by atoms with van der Waals surface area (Å²) in [5.74, 6) is -0.933. The Balaban J connectivity index is 1.26. The molecular formula is C22H22FN3O3. The number of halogens is 1. The Bertz CT molecular complexity index is 1020. The molecule has 0 unspecified atom stereocenters. The van der Waals surface area contributed by atoms with E-state index in [1.54, 1.807) is 29.3 Å². The predicted octanol–water partition coefficient (Wildman–Crippen LogP) is 2.74. The molecular weight excluding hydrogens is 373 g/mol. The summed E-state index contributed by atoms with van der Waals surface area (Å²) < 4.78 is 19.1. The molecule has 2 aromatic carbocycles. The molecule has 0 spiro atoms. The molecule has 1 aliphatic rings. The van der Waals surface area contributed by atoms with E-state index in [4.69, 9.17) is 4.74 Å². The Kier molecular flexibility index (Phi) is 5.46. The fourth-order valence-electron chi connectivity index (χ4n) is 3.62. The number of hydrogen-bond donors (Lipinski definition) is 1. The summed E-state index contributed by atoms with van der Waals surface area (Å²) in [5.41, 5.74) is 2.35. The minimum absolute atomic E-state index is 0.109. The van der Waals surface area contributed by atoms with Crippen molar-refractivity contribution in [1.82, 2.24) is 9.88 Å². The standard InChI is InChI=1S/C22H22FN3O3/c23-18-6-2-4-8-20(18)25-9-11-26(12-10-25)21(27)15-29-22(28)13-16-14-24-19-7-3-1-5-17(16)19/h1-8,14,24H,9-13,15H2. The van der Waals surface area contributed by atoms with Gasteiger partial charge in [0.2, 0.25) is 0 Å². The van der Waals surface area contributed by atoms with Crippen LogP contribution in [0.2, 0.25) is 0 Å². The van der Waals surface area contributed by atoms with Gasteiger partial charge in [0.1, 0.15) is 5.82 Å². The number of aromatic amines is 1. The van der Waals surface area contributed by atoms with Crippen molar-refractivity contribution in [1.29, 1.82) is 0 Å². The van der Waals surface area contributed by atoms with Crippen LogP contribution in [0.5, 0.6) is 0 Å². The number of fused-ring (bicyclic) bond motifs is 1. The smallest absolute Gasteiger partial charge is 0.310 e. The number of piperazine rings is 1. The fraction of sp³-hybridized carbons (Fsp3) is 0.273. The minimum atomic E-state index is -0.437. The largest absolute Gasteiger partial charge is 0.455 e. The van der Waals surface area contributed by atoms with E-state index in [1.165, 1.54) is 6.07 Å². The summed E-state index contributed by atoms with van der Waals surface area (Å²) in [6.07, 6.45) is 1.90. The van der Waals surface area contributed by atoms with E-state index in [2.05, 4.69) is 4.98 Å². The van der Waals surface area contributed by atoms with Gasteiger partial charge in [0.05, 0.1) is 12.1 Å². The van der Waals surface area contributed by atoms with Gasteiger partial charge in [-0.2, -0.15) is 0 Å². The van der Waals surface area contributed by atoms with Gasteiger partial charge in [-0.15, -0.1) is 0 Å². The second-order valence-corrected chi connectivity index (χ2v) is 7.02. The topological polar surface area (TPSA) is 65.6 Å². The van der Waals surface area contributed by atoms with Crippen LogP contribution >= 0.6 is 0 Å². The molecule has 3 aromatic rings. The third kappa shape index (κ3) is 4.23. The van der Waals surface area contributed by atoms with Crippen LogP contribution in [-0.4, -0.2) is 54.5 Å². The lowest BCUT2D eigenvalue weighted by Gasteiger charge is -2.36. The monoisotopic (exact) mass is 395 g/mol. The summed E-state index contributed by atoms with van der Waals surface area (Å²) >= 11 is 0. The molecule has 4 rings (SSSR count). The molecule has 0 atom stereocenters. The zero-order valence-corrected chi connectivity index (χ0v) is 15.9. The highest BCUT2D eigenvalue weighted by Crippen LogP contribution is 2.20. The van der Waals surface area contributed by atoms with E-state index in [1.807, 2.05) is 29.2 Å². The second-order valence-electron chi connectivity index (χ2n) is 7.02. The number of aromatic nitrogens is 1. The first-order valence-electron chi connectivity index (χ1n) is 9.59. The molecule has 0 aliphatic carbocycles. The number of benzene rings is 2. The van der Waals surface area contributed by atoms with Crippen LogP contribution in [-0.2, 0) is 20.7 Å². The molecule has 0 saturated carbocycles. The van der Waals surface area contributed by atoms with E-state index in [9.17, 15) is 14.0 Å². The molecule has 1 saturated heterocycles. The van der Waals surface area contributed by atoms with Crippen molar-refractivity contribution >= 4 is 28.5 Å². The molecule has 2 heterocycles. The maximum atomic E-state index is 13.9. The molecule has 1 aliphatic heterocycles. The lowest BCUT2D eigenvalue weighted by Crippen LogP contribution is -2.50. The number of H-pyrrole nitrogens is 1. The first kappa shape index (κ1) is 19.0. The maximum Gasteiger partial charge on any atom is 0.310 e. The van der Waals surface area contributed by atoms with Crippen molar-refractivity contribution < 1.29 is 18.7 Å². The first-order chi connectivity index (χ1) is 14.1. The number of rotatable bonds is 5. The zero-order valence-electron chi connectivity index (χ0n) is 15.9. The molecule has 0 radical (unpaired) electrons. The van der Waals surface area contributed by atoms with Crippen molar-refractivity contribution in [3.8, 4) is 0 Å². The third-order valence-electron chi connectivity index (χ3n) is 5.19. The van der Waals surface area contributed by atoms with E-state index in [0.717, 1.165) is 16.5 Å². The Morgan fingerprint density at radius 2 is 1.72 bits per heavy atom. The summed E-state index contributed by atoms with van der Waals surface area (Å²) in [7, 11) is 0. The summed E-state index contributed by atoms with van der Waals surface area (Å²) in [6, 6.07) is 14.3. The Morgan fingerprint density at radius 1 is 1.00 bits per heavy atom. The fourth-order valence-corrected chi connectivity index (χ4v) is 3.62. The van der Waals surface area contributed by atoms with Crippen LogP contribution in [0.4, 0.5) is 10.1 Å². The lowest BCUT2D eigenvalue weighted by atomic mass is 10.1. The van der Waals surface area contributed by atoms with Crippen LogP contribution < -0.4 is 4.90 Å². The highest BCUT2D eigenvalue weighted by molar-refractivity contribution is 5.88. The molecule has 29 heavy (non-hydrogen) atoms. The van der Waals surface area contributed by atoms with Crippen LogP contribution in [0.25, 0.3) is 10.9 Å². The highest BCUT2D eigenvalue weighted by atomic mass is 19.1. The molecule has 0 bridgehead atoms. The SMILES string of the molecule is O=C(Cc1c[nH]c2ccccc12)OCC(=O)N1CCN(c2ccccc2F)CC1. The molecule has 150 valence electrons. The van der Waals surface area contributed by atoms with Gasteiger partial charge in [0, 0.05) is 43.3 Å². The summed E-state index contributed by atoms with van der Waals surface area (Å²) in [6.45, 7) is 1.73. The van der Waals surface area contributed by atoms with Crippen LogP contribution in [0.15, 0.2) is 54.7 Å². The Morgan fingerprint density at radius 3 is 2.52 bits per heavy atom. The van der Waals surface area contributed by atoms with Gasteiger partial charge in [0.25, 0.3) is 5.91 Å². The normalized spacial score (nSPS) is 14.2. The molecule has 1 N–H and O–H groups in total. The van der Waals surface area contributed by atoms with E-state index in [0.29, 0.717) is 31.9 Å². The summed E-state index contributed by atoms with van der Waals surface area (Å²) in [4.78, 5) is 31.2. The van der Waals surface area contributed by atoms with E-state index >= 15 is 0 Å². The van der Waals surface area contributed by atoms with Gasteiger partial charge < -0.3 is 19.5 Å². The van der Waals surface area contributed by atoms with Crippen LogP contribution in [0, 0.1) is 5.82 Å². The van der Waals surface area contributed by atoms with E-state index < -0.39 is 5.97 Å². The molecule has 1 amide bonds. The van der Waals surface area contributed by atoms with Crippen molar-refractivity contribution in [2.45, 2.75) is 6.42 Å².